The largest absolute Gasteiger partial charge is 0.478 e. The first-order valence-electron chi connectivity index (χ1n) is 6.84. The maximum Gasteiger partial charge on any atom is 0.340 e. The van der Waals surface area contributed by atoms with Gasteiger partial charge in [0.15, 0.2) is 0 Å². The topological polar surface area (TPSA) is 70.5 Å². The van der Waals surface area contributed by atoms with E-state index in [1.807, 2.05) is 6.92 Å². The van der Waals surface area contributed by atoms with Crippen LogP contribution in [-0.2, 0) is 4.79 Å². The molecule has 1 N–H and O–H groups in total. The van der Waals surface area contributed by atoms with Crippen molar-refractivity contribution >= 4 is 28.4 Å². The van der Waals surface area contributed by atoms with Gasteiger partial charge in [0.25, 0.3) is 0 Å². The van der Waals surface area contributed by atoms with Crippen molar-refractivity contribution in [1.29, 1.82) is 0 Å². The van der Waals surface area contributed by atoms with Crippen LogP contribution in [0.2, 0.25) is 0 Å². The number of carboxylic acid groups (broad SMARTS) is 1. The number of hydrogen-bond acceptors (Lipinski definition) is 4. The molecule has 1 heterocycles. The highest BCUT2D eigenvalue weighted by molar-refractivity contribution is 7.11. The van der Waals surface area contributed by atoms with Crippen molar-refractivity contribution in [2.75, 3.05) is 11.9 Å². The number of carbonyl (C=O) groups excluding carboxylic acids is 1. The molecule has 1 aromatic heterocycles. The highest BCUT2D eigenvalue weighted by atomic mass is 32.1. The third-order valence-electron chi connectivity index (χ3n) is 4.14. The Labute approximate surface area is 122 Å². The molecule has 1 aliphatic carbocycles. The van der Waals surface area contributed by atoms with Gasteiger partial charge in [-0.1, -0.05) is 26.2 Å². The first-order valence-corrected chi connectivity index (χ1v) is 7.62. The summed E-state index contributed by atoms with van der Waals surface area (Å²) in [5, 5.41) is 9.71. The summed E-state index contributed by atoms with van der Waals surface area (Å²) < 4.78 is 4.08. The third-order valence-corrected chi connectivity index (χ3v) is 5.16. The van der Waals surface area contributed by atoms with E-state index in [2.05, 4.69) is 4.37 Å². The maximum atomic E-state index is 12.7. The monoisotopic (exact) mass is 296 g/mol. The average Bonchev–Trinajstić information content (AvgIpc) is 2.80. The smallest absolute Gasteiger partial charge is 0.340 e. The molecular formula is C14H20N2O3S. The Morgan fingerprint density at radius 2 is 1.90 bits per heavy atom. The number of hydrogen-bond donors (Lipinski definition) is 1. The zero-order chi connectivity index (χ0) is 14.9. The number of aromatic nitrogens is 1. The van der Waals surface area contributed by atoms with Gasteiger partial charge in [-0.15, -0.1) is 0 Å². The number of aromatic carboxylic acids is 1. The van der Waals surface area contributed by atoms with Gasteiger partial charge in [-0.3, -0.25) is 4.79 Å². The fraction of sp³-hybridized carbons (Fsp3) is 0.643. The minimum Gasteiger partial charge on any atom is -0.478 e. The highest BCUT2D eigenvalue weighted by Crippen LogP contribution is 2.39. The highest BCUT2D eigenvalue weighted by Gasteiger charge is 2.38. The molecule has 0 radical (unpaired) electrons. The standard InChI is InChI=1S/C14H20N2O3S/c1-9-10(12(17)18)11(20-15-9)16(3)13(19)14(2)7-5-4-6-8-14/h4-8H2,1-3H3,(H,17,18). The van der Waals surface area contributed by atoms with Crippen LogP contribution in [0.15, 0.2) is 0 Å². The van der Waals surface area contributed by atoms with E-state index >= 15 is 0 Å². The molecule has 1 amide bonds. The van der Waals surface area contributed by atoms with E-state index in [0.29, 0.717) is 10.7 Å². The summed E-state index contributed by atoms with van der Waals surface area (Å²) in [5.74, 6) is -1.02. The number of amides is 1. The molecule has 1 fully saturated rings. The quantitative estimate of drug-likeness (QED) is 0.930. The van der Waals surface area contributed by atoms with E-state index in [9.17, 15) is 14.7 Å². The molecule has 0 atom stereocenters. The molecule has 1 saturated carbocycles. The summed E-state index contributed by atoms with van der Waals surface area (Å²) in [6.07, 6.45) is 5.03. The van der Waals surface area contributed by atoms with Crippen LogP contribution in [0, 0.1) is 12.3 Å². The first kappa shape index (κ1) is 15.0. The zero-order valence-corrected chi connectivity index (χ0v) is 12.9. The van der Waals surface area contributed by atoms with Gasteiger partial charge in [0.2, 0.25) is 5.91 Å². The van der Waals surface area contributed by atoms with Crippen molar-refractivity contribution in [1.82, 2.24) is 4.37 Å². The van der Waals surface area contributed by atoms with Crippen molar-refractivity contribution in [3.63, 3.8) is 0 Å². The van der Waals surface area contributed by atoms with Crippen molar-refractivity contribution in [2.45, 2.75) is 46.0 Å². The van der Waals surface area contributed by atoms with E-state index < -0.39 is 5.97 Å². The Balaban J connectivity index is 2.29. The van der Waals surface area contributed by atoms with Crippen LogP contribution in [0.25, 0.3) is 0 Å². The van der Waals surface area contributed by atoms with Gasteiger partial charge in [0.1, 0.15) is 10.6 Å². The molecule has 5 nitrogen and oxygen atoms in total. The molecule has 2 rings (SSSR count). The Morgan fingerprint density at radius 1 is 1.30 bits per heavy atom. The van der Waals surface area contributed by atoms with Gasteiger partial charge in [-0.25, -0.2) is 4.79 Å². The van der Waals surface area contributed by atoms with Gasteiger partial charge in [-0.05, 0) is 31.3 Å². The molecule has 0 spiro atoms. The number of aryl methyl sites for hydroxylation is 1. The minimum atomic E-state index is -1.03. The van der Waals surface area contributed by atoms with Crippen LogP contribution < -0.4 is 4.90 Å². The average molecular weight is 296 g/mol. The summed E-state index contributed by atoms with van der Waals surface area (Å²) in [6.45, 7) is 3.64. The second kappa shape index (κ2) is 5.52. The van der Waals surface area contributed by atoms with Crippen LogP contribution >= 0.6 is 11.5 Å². The molecule has 0 aliphatic heterocycles. The Hall–Kier alpha value is -1.43. The number of carboxylic acids is 1. The summed E-state index contributed by atoms with van der Waals surface area (Å²) in [5.41, 5.74) is 0.233. The molecule has 0 bridgehead atoms. The van der Waals surface area contributed by atoms with Crippen LogP contribution in [0.3, 0.4) is 0 Å². The molecule has 6 heteroatoms. The van der Waals surface area contributed by atoms with Gasteiger partial charge in [-0.2, -0.15) is 4.37 Å². The van der Waals surface area contributed by atoms with Crippen molar-refractivity contribution in [3.8, 4) is 0 Å². The predicted octanol–water partition coefficient (Wildman–Crippen LogP) is 3.08. The predicted molar refractivity (Wildman–Crippen MR) is 78.4 cm³/mol. The number of nitrogens with zero attached hydrogens (tertiary/aromatic N) is 2. The SMILES string of the molecule is Cc1nsc(N(C)C(=O)C2(C)CCCCC2)c1C(=O)O. The number of rotatable bonds is 3. The van der Waals surface area contributed by atoms with E-state index in [1.54, 1.807) is 14.0 Å². The van der Waals surface area contributed by atoms with Gasteiger partial charge in [0.05, 0.1) is 5.69 Å². The Bertz CT molecular complexity index is 533. The zero-order valence-electron chi connectivity index (χ0n) is 12.1. The maximum absolute atomic E-state index is 12.7. The van der Waals surface area contributed by atoms with E-state index in [0.717, 1.165) is 37.2 Å². The molecule has 0 unspecified atom stereocenters. The fourth-order valence-electron chi connectivity index (χ4n) is 2.88. The van der Waals surface area contributed by atoms with Crippen LogP contribution in [-0.4, -0.2) is 28.4 Å². The molecule has 1 aliphatic rings. The molecule has 0 aromatic carbocycles. The van der Waals surface area contributed by atoms with E-state index in [-0.39, 0.29) is 16.9 Å². The first-order chi connectivity index (χ1) is 9.37. The Morgan fingerprint density at radius 3 is 2.45 bits per heavy atom. The van der Waals surface area contributed by atoms with Gasteiger partial charge < -0.3 is 10.0 Å². The van der Waals surface area contributed by atoms with Crippen LogP contribution in [0.4, 0.5) is 5.00 Å². The minimum absolute atomic E-state index is 0.00310. The third kappa shape index (κ3) is 2.57. The molecule has 110 valence electrons. The lowest BCUT2D eigenvalue weighted by Gasteiger charge is -2.35. The lowest BCUT2D eigenvalue weighted by molar-refractivity contribution is -0.128. The fourth-order valence-corrected chi connectivity index (χ4v) is 3.72. The number of anilines is 1. The van der Waals surface area contributed by atoms with Crippen LogP contribution in [0.5, 0.6) is 0 Å². The molecule has 1 aromatic rings. The van der Waals surface area contributed by atoms with Crippen molar-refractivity contribution < 1.29 is 14.7 Å². The number of carbonyl (C=O) groups is 2. The Kier molecular flexibility index (Phi) is 4.13. The second-order valence-corrected chi connectivity index (χ2v) is 6.49. The van der Waals surface area contributed by atoms with Crippen LogP contribution in [0.1, 0.15) is 55.1 Å². The van der Waals surface area contributed by atoms with Gasteiger partial charge in [0, 0.05) is 12.5 Å². The molecule has 20 heavy (non-hydrogen) atoms. The second-order valence-electron chi connectivity index (χ2n) is 5.74. The van der Waals surface area contributed by atoms with E-state index in [4.69, 9.17) is 0 Å². The van der Waals surface area contributed by atoms with E-state index in [1.165, 1.54) is 11.3 Å². The summed E-state index contributed by atoms with van der Waals surface area (Å²) in [6, 6.07) is 0. The van der Waals surface area contributed by atoms with Gasteiger partial charge >= 0.3 is 5.97 Å². The molecular weight excluding hydrogens is 276 g/mol. The molecule has 0 saturated heterocycles. The lowest BCUT2D eigenvalue weighted by atomic mass is 9.75. The van der Waals surface area contributed by atoms with Crippen molar-refractivity contribution in [2.24, 2.45) is 5.41 Å². The van der Waals surface area contributed by atoms with Crippen molar-refractivity contribution in [3.05, 3.63) is 11.3 Å². The normalized spacial score (nSPS) is 17.8. The summed E-state index contributed by atoms with van der Waals surface area (Å²) in [7, 11) is 1.65. The summed E-state index contributed by atoms with van der Waals surface area (Å²) >= 11 is 1.08. The lowest BCUT2D eigenvalue weighted by Crippen LogP contribution is -2.41. The summed E-state index contributed by atoms with van der Waals surface area (Å²) in [4.78, 5) is 25.5.